The van der Waals surface area contributed by atoms with Crippen LogP contribution in [0.15, 0.2) is 24.3 Å². The molecule has 2 aliphatic carbocycles. The van der Waals surface area contributed by atoms with E-state index in [1.165, 1.54) is 58.0 Å². The average molecular weight is 255 g/mol. The van der Waals surface area contributed by atoms with Crippen molar-refractivity contribution in [1.29, 1.82) is 0 Å². The summed E-state index contributed by atoms with van der Waals surface area (Å²) in [6.07, 6.45) is 10.00. The maximum absolute atomic E-state index is 2.86. The fourth-order valence-corrected chi connectivity index (χ4v) is 4.44. The van der Waals surface area contributed by atoms with Crippen molar-refractivity contribution in [2.24, 2.45) is 11.8 Å². The van der Waals surface area contributed by atoms with E-state index in [1.807, 2.05) is 0 Å². The first kappa shape index (κ1) is 12.0. The zero-order chi connectivity index (χ0) is 12.7. The second kappa shape index (κ2) is 4.94. The van der Waals surface area contributed by atoms with Crippen LogP contribution in [0.4, 0.5) is 0 Å². The van der Waals surface area contributed by atoms with Crippen molar-refractivity contribution in [3.63, 3.8) is 0 Å². The maximum Gasteiger partial charge on any atom is 0.0167 e. The van der Waals surface area contributed by atoms with Gasteiger partial charge in [0.15, 0.2) is 0 Å². The quantitative estimate of drug-likeness (QED) is 0.779. The maximum atomic E-state index is 2.86. The highest BCUT2D eigenvalue weighted by molar-refractivity contribution is 5.31. The van der Waals surface area contributed by atoms with Crippen molar-refractivity contribution < 1.29 is 0 Å². The molecule has 0 radical (unpaired) electrons. The van der Waals surface area contributed by atoms with Crippen LogP contribution in [0.25, 0.3) is 0 Å². The normalized spacial score (nSPS) is 31.4. The Hall–Kier alpha value is -0.820. The number of nitrogens with zero attached hydrogens (tertiary/aromatic N) is 1. The summed E-state index contributed by atoms with van der Waals surface area (Å²) >= 11 is 0. The second-order valence-electron chi connectivity index (χ2n) is 6.94. The Labute approximate surface area is 117 Å². The van der Waals surface area contributed by atoms with Gasteiger partial charge in [0, 0.05) is 12.6 Å². The van der Waals surface area contributed by atoms with Crippen LogP contribution in [0.1, 0.15) is 43.2 Å². The molecular weight excluding hydrogens is 230 g/mol. The monoisotopic (exact) mass is 255 g/mol. The van der Waals surface area contributed by atoms with Crippen LogP contribution in [-0.2, 0) is 12.8 Å². The molecule has 1 aliphatic heterocycles. The lowest BCUT2D eigenvalue weighted by atomic mass is 9.74. The van der Waals surface area contributed by atoms with Gasteiger partial charge in [-0.15, -0.1) is 0 Å². The molecule has 2 unspecified atom stereocenters. The summed E-state index contributed by atoms with van der Waals surface area (Å²) in [6.45, 7) is 2.75. The van der Waals surface area contributed by atoms with Gasteiger partial charge in [-0.3, -0.25) is 4.90 Å². The van der Waals surface area contributed by atoms with Crippen LogP contribution in [-0.4, -0.2) is 24.0 Å². The van der Waals surface area contributed by atoms with E-state index in [4.69, 9.17) is 0 Å². The molecule has 1 heterocycles. The molecule has 102 valence electrons. The van der Waals surface area contributed by atoms with E-state index in [0.717, 1.165) is 17.9 Å². The molecule has 19 heavy (non-hydrogen) atoms. The lowest BCUT2D eigenvalue weighted by Crippen LogP contribution is -2.51. The molecule has 3 aliphatic rings. The summed E-state index contributed by atoms with van der Waals surface area (Å²) in [5.41, 5.74) is 3.26. The largest absolute Gasteiger partial charge is 0.299 e. The minimum atomic E-state index is 0.851. The zero-order valence-electron chi connectivity index (χ0n) is 11.9. The summed E-state index contributed by atoms with van der Waals surface area (Å²) in [6, 6.07) is 10.0. The van der Waals surface area contributed by atoms with E-state index in [2.05, 4.69) is 29.2 Å². The SMILES string of the molecule is c1ccc2c(c1)CC1CCCN(CC3CCC3)C1C2. The molecule has 2 atom stereocenters. The minimum Gasteiger partial charge on any atom is -0.299 e. The highest BCUT2D eigenvalue weighted by atomic mass is 15.2. The van der Waals surface area contributed by atoms with E-state index >= 15 is 0 Å². The zero-order valence-corrected chi connectivity index (χ0v) is 11.9. The highest BCUT2D eigenvalue weighted by Gasteiger charge is 2.36. The molecule has 1 nitrogen and oxygen atoms in total. The van der Waals surface area contributed by atoms with Gasteiger partial charge in [-0.05, 0) is 68.0 Å². The number of hydrogen-bond donors (Lipinski definition) is 0. The van der Waals surface area contributed by atoms with Crippen molar-refractivity contribution in [3.8, 4) is 0 Å². The van der Waals surface area contributed by atoms with E-state index < -0.39 is 0 Å². The minimum absolute atomic E-state index is 0.851. The van der Waals surface area contributed by atoms with Crippen LogP contribution in [0.5, 0.6) is 0 Å². The third-order valence-corrected chi connectivity index (χ3v) is 5.78. The van der Waals surface area contributed by atoms with Crippen LogP contribution in [0.3, 0.4) is 0 Å². The molecule has 0 bridgehead atoms. The second-order valence-corrected chi connectivity index (χ2v) is 6.94. The fraction of sp³-hybridized carbons (Fsp3) is 0.667. The lowest BCUT2D eigenvalue weighted by Gasteiger charge is -2.46. The van der Waals surface area contributed by atoms with Crippen LogP contribution in [0.2, 0.25) is 0 Å². The van der Waals surface area contributed by atoms with Crippen molar-refractivity contribution in [1.82, 2.24) is 4.90 Å². The molecule has 1 aromatic rings. The Bertz CT molecular complexity index is 449. The highest BCUT2D eigenvalue weighted by Crippen LogP contribution is 2.37. The van der Waals surface area contributed by atoms with Gasteiger partial charge in [0.2, 0.25) is 0 Å². The lowest BCUT2D eigenvalue weighted by molar-refractivity contribution is 0.0554. The van der Waals surface area contributed by atoms with Crippen molar-refractivity contribution in [3.05, 3.63) is 35.4 Å². The molecule has 0 N–H and O–H groups in total. The van der Waals surface area contributed by atoms with E-state index in [0.29, 0.717) is 0 Å². The van der Waals surface area contributed by atoms with E-state index in [-0.39, 0.29) is 0 Å². The Kier molecular flexibility index (Phi) is 3.11. The average Bonchev–Trinajstić information content (AvgIpc) is 2.40. The van der Waals surface area contributed by atoms with E-state index in [9.17, 15) is 0 Å². The summed E-state index contributed by atoms with van der Waals surface area (Å²) in [5.74, 6) is 1.96. The van der Waals surface area contributed by atoms with Crippen LogP contribution >= 0.6 is 0 Å². The summed E-state index contributed by atoms with van der Waals surface area (Å²) < 4.78 is 0. The van der Waals surface area contributed by atoms with Gasteiger partial charge in [0.05, 0.1) is 0 Å². The Morgan fingerprint density at radius 2 is 1.74 bits per heavy atom. The van der Waals surface area contributed by atoms with Crippen LogP contribution in [0, 0.1) is 11.8 Å². The first-order valence-electron chi connectivity index (χ1n) is 8.21. The number of hydrogen-bond acceptors (Lipinski definition) is 1. The van der Waals surface area contributed by atoms with Gasteiger partial charge >= 0.3 is 0 Å². The van der Waals surface area contributed by atoms with Gasteiger partial charge in [0.25, 0.3) is 0 Å². The topological polar surface area (TPSA) is 3.24 Å². The Morgan fingerprint density at radius 3 is 2.47 bits per heavy atom. The number of rotatable bonds is 2. The molecule has 4 rings (SSSR count). The van der Waals surface area contributed by atoms with Crippen molar-refractivity contribution in [2.75, 3.05) is 13.1 Å². The third kappa shape index (κ3) is 2.23. The number of piperidine rings is 1. The number of fused-ring (bicyclic) bond motifs is 2. The molecule has 2 fully saturated rings. The molecule has 1 aromatic carbocycles. The first-order chi connectivity index (χ1) is 9.40. The molecule has 0 spiro atoms. The number of benzene rings is 1. The van der Waals surface area contributed by atoms with Crippen molar-refractivity contribution >= 4 is 0 Å². The smallest absolute Gasteiger partial charge is 0.0167 e. The molecular formula is C18H25N. The summed E-state index contributed by atoms with van der Waals surface area (Å²) in [7, 11) is 0. The molecule has 1 heteroatoms. The summed E-state index contributed by atoms with van der Waals surface area (Å²) in [5, 5.41) is 0. The van der Waals surface area contributed by atoms with Gasteiger partial charge in [-0.1, -0.05) is 30.7 Å². The van der Waals surface area contributed by atoms with Gasteiger partial charge < -0.3 is 0 Å². The van der Waals surface area contributed by atoms with Crippen molar-refractivity contribution in [2.45, 2.75) is 51.0 Å². The Balaban J connectivity index is 1.53. The fourth-order valence-electron chi connectivity index (χ4n) is 4.44. The Morgan fingerprint density at radius 1 is 0.947 bits per heavy atom. The summed E-state index contributed by atoms with van der Waals surface area (Å²) in [4.78, 5) is 2.86. The first-order valence-corrected chi connectivity index (χ1v) is 8.21. The van der Waals surface area contributed by atoms with Gasteiger partial charge in [0.1, 0.15) is 0 Å². The van der Waals surface area contributed by atoms with Crippen LogP contribution < -0.4 is 0 Å². The molecule has 0 amide bonds. The van der Waals surface area contributed by atoms with E-state index in [1.54, 1.807) is 11.1 Å². The van der Waals surface area contributed by atoms with Gasteiger partial charge in [-0.25, -0.2) is 0 Å². The standard InChI is InChI=1S/C18H25N/c1-2-8-16-12-18-17(11-15(16)7-1)9-4-10-19(18)13-14-5-3-6-14/h1-2,7-8,14,17-18H,3-6,9-13H2. The third-order valence-electron chi connectivity index (χ3n) is 5.78. The molecule has 1 saturated heterocycles. The predicted molar refractivity (Wildman–Crippen MR) is 79.3 cm³/mol. The molecule has 0 aromatic heterocycles. The molecule has 1 saturated carbocycles. The number of likely N-dealkylation sites (tertiary alicyclic amines) is 1. The van der Waals surface area contributed by atoms with Gasteiger partial charge in [-0.2, -0.15) is 0 Å². The predicted octanol–water partition coefficient (Wildman–Crippen LogP) is 3.67.